The molecule has 2 rings (SSSR count). The summed E-state index contributed by atoms with van der Waals surface area (Å²) in [5, 5.41) is 0. The first-order valence-corrected chi connectivity index (χ1v) is 5.24. The average molecular weight is 241 g/mol. The van der Waals surface area contributed by atoms with Crippen molar-refractivity contribution in [1.29, 1.82) is 0 Å². The summed E-state index contributed by atoms with van der Waals surface area (Å²) >= 11 is 5.61. The van der Waals surface area contributed by atoms with Crippen LogP contribution in [0.4, 0.5) is 16.1 Å². The summed E-state index contributed by atoms with van der Waals surface area (Å²) in [6, 6.07) is 6.74. The fraction of sp³-hybridized carbons (Fsp3) is 0.182. The number of nitrogens with zero attached hydrogens (tertiary/aromatic N) is 2. The molecule has 0 aliphatic rings. The van der Waals surface area contributed by atoms with Gasteiger partial charge in [-0.05, 0) is 12.1 Å². The fourth-order valence-electron chi connectivity index (χ4n) is 1.34. The molecule has 0 aliphatic heterocycles. The van der Waals surface area contributed by atoms with Gasteiger partial charge in [-0.3, -0.25) is 4.90 Å². The minimum absolute atomic E-state index is 0.272. The van der Waals surface area contributed by atoms with Crippen molar-refractivity contribution in [3.63, 3.8) is 0 Å². The molecule has 0 radical (unpaired) electrons. The highest BCUT2D eigenvalue weighted by atomic mass is 35.5. The predicted molar refractivity (Wildman–Crippen MR) is 60.5 cm³/mol. The Labute approximate surface area is 97.5 Å². The van der Waals surface area contributed by atoms with Crippen molar-refractivity contribution in [3.05, 3.63) is 42.0 Å². The van der Waals surface area contributed by atoms with Gasteiger partial charge in [0.1, 0.15) is 12.1 Å². The van der Waals surface area contributed by atoms with Crippen LogP contribution in [0.25, 0.3) is 0 Å². The van der Waals surface area contributed by atoms with Crippen LogP contribution in [-0.2, 0) is 5.88 Å². The minimum atomic E-state index is -0.323. The monoisotopic (exact) mass is 240 g/mol. The highest BCUT2D eigenvalue weighted by Gasteiger charge is 2.13. The third-order valence-corrected chi connectivity index (χ3v) is 2.45. The molecule has 1 heterocycles. The quantitative estimate of drug-likeness (QED) is 0.771. The minimum Gasteiger partial charge on any atom is -0.431 e. The van der Waals surface area contributed by atoms with Crippen molar-refractivity contribution < 1.29 is 8.81 Å². The standard InChI is InChI=1S/C11H10ClFN2O/c1-15(10-5-3-2-4-9(10)13)11-14-8(6-12)7-16-11/h2-5,7H,6H2,1H3. The molecule has 0 N–H and O–H groups in total. The molecule has 1 aromatic heterocycles. The van der Waals surface area contributed by atoms with Gasteiger partial charge in [0.25, 0.3) is 0 Å². The molecule has 0 amide bonds. The van der Waals surface area contributed by atoms with Gasteiger partial charge < -0.3 is 4.42 Å². The second-order valence-corrected chi connectivity index (χ2v) is 3.53. The number of hydrogen-bond donors (Lipinski definition) is 0. The molecule has 0 atom stereocenters. The van der Waals surface area contributed by atoms with Gasteiger partial charge in [0.05, 0.1) is 17.3 Å². The van der Waals surface area contributed by atoms with E-state index in [2.05, 4.69) is 4.98 Å². The summed E-state index contributed by atoms with van der Waals surface area (Å²) in [5.74, 6) is -0.0511. The Morgan fingerprint density at radius 2 is 2.19 bits per heavy atom. The Morgan fingerprint density at radius 3 is 2.81 bits per heavy atom. The van der Waals surface area contributed by atoms with Crippen molar-refractivity contribution in [1.82, 2.24) is 4.98 Å². The Hall–Kier alpha value is -1.55. The zero-order chi connectivity index (χ0) is 11.5. The molecule has 0 aliphatic carbocycles. The summed E-state index contributed by atoms with van der Waals surface area (Å²) in [5.41, 5.74) is 1.03. The van der Waals surface area contributed by atoms with Gasteiger partial charge in [0.15, 0.2) is 0 Å². The lowest BCUT2D eigenvalue weighted by molar-refractivity contribution is 0.555. The number of rotatable bonds is 3. The van der Waals surface area contributed by atoms with Gasteiger partial charge in [-0.2, -0.15) is 4.98 Å². The second kappa shape index (κ2) is 4.53. The first kappa shape index (κ1) is 11.0. The zero-order valence-electron chi connectivity index (χ0n) is 8.65. The van der Waals surface area contributed by atoms with E-state index in [1.807, 2.05) is 0 Å². The van der Waals surface area contributed by atoms with Crippen molar-refractivity contribution in [2.45, 2.75) is 5.88 Å². The molecule has 5 heteroatoms. The molecule has 0 saturated carbocycles. The Morgan fingerprint density at radius 1 is 1.44 bits per heavy atom. The number of para-hydroxylation sites is 1. The van der Waals surface area contributed by atoms with Crippen LogP contribution >= 0.6 is 11.6 Å². The van der Waals surface area contributed by atoms with Gasteiger partial charge in [0, 0.05) is 7.05 Å². The predicted octanol–water partition coefficient (Wildman–Crippen LogP) is 3.32. The van der Waals surface area contributed by atoms with E-state index in [1.165, 1.54) is 17.2 Å². The number of anilines is 2. The van der Waals surface area contributed by atoms with Crippen LogP contribution in [0.15, 0.2) is 34.9 Å². The maximum atomic E-state index is 13.5. The zero-order valence-corrected chi connectivity index (χ0v) is 9.41. The first-order chi connectivity index (χ1) is 7.72. The molecular formula is C11H10ClFN2O. The largest absolute Gasteiger partial charge is 0.431 e. The maximum Gasteiger partial charge on any atom is 0.301 e. The van der Waals surface area contributed by atoms with Crippen molar-refractivity contribution in [2.75, 3.05) is 11.9 Å². The smallest absolute Gasteiger partial charge is 0.301 e. The normalized spacial score (nSPS) is 10.4. The fourth-order valence-corrected chi connectivity index (χ4v) is 1.46. The Kier molecular flexibility index (Phi) is 3.10. The molecule has 0 bridgehead atoms. The molecule has 84 valence electrons. The molecule has 0 spiro atoms. The summed E-state index contributed by atoms with van der Waals surface area (Å²) in [6.07, 6.45) is 1.46. The third-order valence-electron chi connectivity index (χ3n) is 2.18. The topological polar surface area (TPSA) is 29.3 Å². The second-order valence-electron chi connectivity index (χ2n) is 3.27. The van der Waals surface area contributed by atoms with E-state index in [1.54, 1.807) is 25.2 Å². The number of benzene rings is 1. The van der Waals surface area contributed by atoms with E-state index in [0.29, 0.717) is 17.4 Å². The molecule has 16 heavy (non-hydrogen) atoms. The Balaban J connectivity index is 2.31. The molecule has 0 unspecified atom stereocenters. The number of aromatic nitrogens is 1. The molecular weight excluding hydrogens is 231 g/mol. The lowest BCUT2D eigenvalue weighted by atomic mass is 10.3. The summed E-state index contributed by atoms with van der Waals surface area (Å²) in [4.78, 5) is 5.64. The number of halogens is 2. The number of oxazole rings is 1. The van der Waals surface area contributed by atoms with E-state index >= 15 is 0 Å². The molecule has 2 aromatic rings. The highest BCUT2D eigenvalue weighted by molar-refractivity contribution is 6.16. The number of hydrogen-bond acceptors (Lipinski definition) is 3. The highest BCUT2D eigenvalue weighted by Crippen LogP contribution is 2.25. The lowest BCUT2D eigenvalue weighted by Gasteiger charge is -2.14. The molecule has 0 fully saturated rings. The van der Waals surface area contributed by atoms with E-state index in [0.717, 1.165) is 0 Å². The van der Waals surface area contributed by atoms with E-state index in [-0.39, 0.29) is 11.7 Å². The summed E-state index contributed by atoms with van der Waals surface area (Å²) < 4.78 is 18.7. The van der Waals surface area contributed by atoms with Crippen LogP contribution in [-0.4, -0.2) is 12.0 Å². The van der Waals surface area contributed by atoms with Crippen LogP contribution < -0.4 is 4.90 Å². The van der Waals surface area contributed by atoms with Gasteiger partial charge >= 0.3 is 6.01 Å². The van der Waals surface area contributed by atoms with Gasteiger partial charge in [0.2, 0.25) is 0 Å². The van der Waals surface area contributed by atoms with E-state index in [4.69, 9.17) is 16.0 Å². The van der Waals surface area contributed by atoms with Gasteiger partial charge in [-0.15, -0.1) is 11.6 Å². The third kappa shape index (κ3) is 2.02. The molecule has 0 saturated heterocycles. The van der Waals surface area contributed by atoms with Crippen LogP contribution in [0.5, 0.6) is 0 Å². The Bertz CT molecular complexity index is 486. The van der Waals surface area contributed by atoms with Crippen molar-refractivity contribution in [3.8, 4) is 0 Å². The summed E-state index contributed by atoms with van der Waals surface area (Å²) in [7, 11) is 1.68. The first-order valence-electron chi connectivity index (χ1n) is 4.71. The summed E-state index contributed by atoms with van der Waals surface area (Å²) in [6.45, 7) is 0. The maximum absolute atomic E-state index is 13.5. The molecule has 3 nitrogen and oxygen atoms in total. The average Bonchev–Trinajstić information content (AvgIpc) is 2.77. The van der Waals surface area contributed by atoms with E-state index in [9.17, 15) is 4.39 Å². The van der Waals surface area contributed by atoms with Crippen molar-refractivity contribution >= 4 is 23.3 Å². The van der Waals surface area contributed by atoms with Crippen LogP contribution in [0.3, 0.4) is 0 Å². The lowest BCUT2D eigenvalue weighted by Crippen LogP contribution is -2.11. The van der Waals surface area contributed by atoms with Crippen molar-refractivity contribution in [2.24, 2.45) is 0 Å². The van der Waals surface area contributed by atoms with Crippen LogP contribution in [0, 0.1) is 5.82 Å². The molecule has 1 aromatic carbocycles. The number of alkyl halides is 1. The van der Waals surface area contributed by atoms with Crippen LogP contribution in [0.1, 0.15) is 5.69 Å². The SMILES string of the molecule is CN(c1nc(CCl)co1)c1ccccc1F. The van der Waals surface area contributed by atoms with Gasteiger partial charge in [-0.1, -0.05) is 12.1 Å². The van der Waals surface area contributed by atoms with Crippen LogP contribution in [0.2, 0.25) is 0 Å². The van der Waals surface area contributed by atoms with E-state index < -0.39 is 0 Å². The van der Waals surface area contributed by atoms with Gasteiger partial charge in [-0.25, -0.2) is 4.39 Å².